The maximum absolute atomic E-state index is 11.2. The molecule has 0 radical (unpaired) electrons. The summed E-state index contributed by atoms with van der Waals surface area (Å²) in [6, 6.07) is -1.18. The van der Waals surface area contributed by atoms with Crippen molar-refractivity contribution in [3.05, 3.63) is 18.2 Å². The number of carbonyl (C=O) groups excluding carboxylic acids is 2. The molecule has 6 heteroatoms. The van der Waals surface area contributed by atoms with Gasteiger partial charge in [-0.15, -0.1) is 0 Å². The van der Waals surface area contributed by atoms with Crippen molar-refractivity contribution in [1.29, 1.82) is 0 Å². The third-order valence-corrected chi connectivity index (χ3v) is 1.90. The Morgan fingerprint density at radius 3 is 3.00 bits per heavy atom. The molecule has 1 rings (SSSR count). The van der Waals surface area contributed by atoms with Gasteiger partial charge >= 0.3 is 0 Å². The van der Waals surface area contributed by atoms with E-state index in [0.29, 0.717) is 12.7 Å². The normalized spacial score (nSPS) is 14.3. The van der Waals surface area contributed by atoms with E-state index in [2.05, 4.69) is 15.3 Å². The minimum Gasteiger partial charge on any atom is -0.348 e. The topological polar surface area (TPSA) is 101 Å². The summed E-state index contributed by atoms with van der Waals surface area (Å²) in [4.78, 5) is 28.6. The number of amides is 1. The van der Waals surface area contributed by atoms with Crippen molar-refractivity contribution in [2.45, 2.75) is 25.4 Å². The second-order valence-corrected chi connectivity index (χ2v) is 3.32. The minimum atomic E-state index is -0.616. The third-order valence-electron chi connectivity index (χ3n) is 1.90. The van der Waals surface area contributed by atoms with Crippen LogP contribution in [0.2, 0.25) is 0 Å². The molecule has 1 aromatic rings. The Hall–Kier alpha value is -1.69. The lowest BCUT2D eigenvalue weighted by atomic mass is 10.2. The molecule has 0 unspecified atom stereocenters. The number of hydrogen-bond acceptors (Lipinski definition) is 4. The summed E-state index contributed by atoms with van der Waals surface area (Å²) in [5.41, 5.74) is 6.15. The van der Waals surface area contributed by atoms with Crippen LogP contribution in [0.5, 0.6) is 0 Å². The number of nitrogens with one attached hydrogen (secondary N) is 2. The quantitative estimate of drug-likeness (QED) is 0.541. The summed E-state index contributed by atoms with van der Waals surface area (Å²) in [6.45, 7) is 1.56. The summed E-state index contributed by atoms with van der Waals surface area (Å²) in [7, 11) is 0. The van der Waals surface area contributed by atoms with Crippen LogP contribution < -0.4 is 11.1 Å². The standard InChI is InChI=1S/C9H14N4O2/c1-6(10)9(15)13-8(4-14)2-7-3-11-5-12-7/h3-6,8H,2,10H2,1H3,(H,11,12)(H,13,15)/t6-,8-/m1/s1. The van der Waals surface area contributed by atoms with Gasteiger partial charge in [0.1, 0.15) is 6.29 Å². The highest BCUT2D eigenvalue weighted by Gasteiger charge is 2.14. The molecular formula is C9H14N4O2. The fraction of sp³-hybridized carbons (Fsp3) is 0.444. The number of aromatic amines is 1. The molecule has 1 amide bonds. The van der Waals surface area contributed by atoms with Crippen LogP contribution in [0, 0.1) is 0 Å². The molecule has 0 aliphatic rings. The van der Waals surface area contributed by atoms with Gasteiger partial charge in [0.25, 0.3) is 0 Å². The molecule has 4 N–H and O–H groups in total. The van der Waals surface area contributed by atoms with Crippen LogP contribution in [0.4, 0.5) is 0 Å². The smallest absolute Gasteiger partial charge is 0.237 e. The molecule has 6 nitrogen and oxygen atoms in total. The summed E-state index contributed by atoms with van der Waals surface area (Å²) >= 11 is 0. The molecule has 0 aliphatic carbocycles. The second kappa shape index (κ2) is 5.26. The largest absolute Gasteiger partial charge is 0.348 e. The number of carbonyl (C=O) groups is 2. The van der Waals surface area contributed by atoms with Gasteiger partial charge in [-0.3, -0.25) is 4.79 Å². The molecule has 2 atom stereocenters. The lowest BCUT2D eigenvalue weighted by molar-refractivity contribution is -0.124. The highest BCUT2D eigenvalue weighted by Crippen LogP contribution is 1.96. The van der Waals surface area contributed by atoms with E-state index < -0.39 is 12.1 Å². The summed E-state index contributed by atoms with van der Waals surface area (Å²) in [5, 5.41) is 2.52. The Bertz CT molecular complexity index is 321. The molecule has 1 heterocycles. The molecule has 15 heavy (non-hydrogen) atoms. The van der Waals surface area contributed by atoms with Gasteiger partial charge in [-0.1, -0.05) is 0 Å². The van der Waals surface area contributed by atoms with Crippen LogP contribution in [-0.2, 0) is 16.0 Å². The van der Waals surface area contributed by atoms with Gasteiger partial charge in [-0.2, -0.15) is 0 Å². The second-order valence-electron chi connectivity index (χ2n) is 3.32. The Morgan fingerprint density at radius 2 is 2.53 bits per heavy atom. The zero-order valence-corrected chi connectivity index (χ0v) is 8.43. The maximum atomic E-state index is 11.2. The van der Waals surface area contributed by atoms with Gasteiger partial charge in [0.05, 0.1) is 18.4 Å². The highest BCUT2D eigenvalue weighted by atomic mass is 16.2. The van der Waals surface area contributed by atoms with E-state index in [9.17, 15) is 9.59 Å². The van der Waals surface area contributed by atoms with Crippen LogP contribution in [0.1, 0.15) is 12.6 Å². The number of rotatable bonds is 5. The number of aldehydes is 1. The van der Waals surface area contributed by atoms with E-state index in [1.165, 1.54) is 6.33 Å². The summed E-state index contributed by atoms with van der Waals surface area (Å²) in [5.74, 6) is -0.341. The van der Waals surface area contributed by atoms with Crippen LogP contribution >= 0.6 is 0 Å². The SMILES string of the molecule is C[C@@H](N)C(=O)N[C@@H](C=O)Cc1cnc[nH]1. The summed E-state index contributed by atoms with van der Waals surface area (Å²) in [6.07, 6.45) is 4.20. The van der Waals surface area contributed by atoms with Crippen molar-refractivity contribution >= 4 is 12.2 Å². The molecule has 0 fully saturated rings. The molecule has 0 spiro atoms. The number of aromatic nitrogens is 2. The molecule has 1 aromatic heterocycles. The van der Waals surface area contributed by atoms with Crippen molar-refractivity contribution in [1.82, 2.24) is 15.3 Å². The lowest BCUT2D eigenvalue weighted by Crippen LogP contribution is -2.45. The van der Waals surface area contributed by atoms with E-state index in [1.807, 2.05) is 0 Å². The van der Waals surface area contributed by atoms with Crippen molar-refractivity contribution in [3.8, 4) is 0 Å². The van der Waals surface area contributed by atoms with Crippen molar-refractivity contribution in [2.75, 3.05) is 0 Å². The number of H-pyrrole nitrogens is 1. The van der Waals surface area contributed by atoms with E-state index >= 15 is 0 Å². The number of nitrogens with zero attached hydrogens (tertiary/aromatic N) is 1. The molecule has 0 aromatic carbocycles. The van der Waals surface area contributed by atoms with Crippen molar-refractivity contribution in [2.24, 2.45) is 5.73 Å². The third kappa shape index (κ3) is 3.51. The van der Waals surface area contributed by atoms with Gasteiger partial charge in [-0.25, -0.2) is 4.98 Å². The van der Waals surface area contributed by atoms with Crippen LogP contribution in [0.25, 0.3) is 0 Å². The maximum Gasteiger partial charge on any atom is 0.237 e. The van der Waals surface area contributed by atoms with E-state index in [0.717, 1.165) is 5.69 Å². The first-order valence-electron chi connectivity index (χ1n) is 4.62. The highest BCUT2D eigenvalue weighted by molar-refractivity contribution is 5.83. The number of hydrogen-bond donors (Lipinski definition) is 3. The fourth-order valence-corrected chi connectivity index (χ4v) is 1.08. The lowest BCUT2D eigenvalue weighted by Gasteiger charge is -2.13. The Morgan fingerprint density at radius 1 is 1.80 bits per heavy atom. The van der Waals surface area contributed by atoms with E-state index in [4.69, 9.17) is 5.73 Å². The molecule has 82 valence electrons. The molecule has 0 bridgehead atoms. The van der Waals surface area contributed by atoms with E-state index in [-0.39, 0.29) is 5.91 Å². The first kappa shape index (κ1) is 11.4. The van der Waals surface area contributed by atoms with Gasteiger partial charge < -0.3 is 20.8 Å². The van der Waals surface area contributed by atoms with Crippen LogP contribution in [0.3, 0.4) is 0 Å². The predicted octanol–water partition coefficient (Wildman–Crippen LogP) is -1.02. The Labute approximate surface area is 87.3 Å². The van der Waals surface area contributed by atoms with E-state index in [1.54, 1.807) is 13.1 Å². The number of nitrogens with two attached hydrogens (primary N) is 1. The first-order chi connectivity index (χ1) is 7.13. The van der Waals surface area contributed by atoms with Crippen molar-refractivity contribution < 1.29 is 9.59 Å². The zero-order chi connectivity index (χ0) is 11.3. The molecular weight excluding hydrogens is 196 g/mol. The monoisotopic (exact) mass is 210 g/mol. The van der Waals surface area contributed by atoms with Gasteiger partial charge in [0.2, 0.25) is 5.91 Å². The average Bonchev–Trinajstić information content (AvgIpc) is 2.69. The molecule has 0 aliphatic heterocycles. The zero-order valence-electron chi connectivity index (χ0n) is 8.43. The van der Waals surface area contributed by atoms with Gasteiger partial charge in [0, 0.05) is 18.3 Å². The predicted molar refractivity (Wildman–Crippen MR) is 53.9 cm³/mol. The first-order valence-corrected chi connectivity index (χ1v) is 4.62. The van der Waals surface area contributed by atoms with Gasteiger partial charge in [0.15, 0.2) is 0 Å². The fourth-order valence-electron chi connectivity index (χ4n) is 1.08. The van der Waals surface area contributed by atoms with Gasteiger partial charge in [-0.05, 0) is 6.92 Å². The van der Waals surface area contributed by atoms with Crippen LogP contribution in [-0.4, -0.2) is 34.2 Å². The minimum absolute atomic E-state index is 0.341. The Kier molecular flexibility index (Phi) is 3.99. The molecule has 0 saturated carbocycles. The number of imidazole rings is 1. The Balaban J connectivity index is 2.50. The van der Waals surface area contributed by atoms with Crippen LogP contribution in [0.15, 0.2) is 12.5 Å². The van der Waals surface area contributed by atoms with Crippen molar-refractivity contribution in [3.63, 3.8) is 0 Å². The average molecular weight is 210 g/mol. The molecule has 0 saturated heterocycles. The summed E-state index contributed by atoms with van der Waals surface area (Å²) < 4.78 is 0.